The predicted octanol–water partition coefficient (Wildman–Crippen LogP) is 2.66. The largest absolute Gasteiger partial charge is 0.377 e. The van der Waals surface area contributed by atoms with Gasteiger partial charge in [-0.05, 0) is 24.3 Å². The van der Waals surface area contributed by atoms with E-state index in [0.717, 1.165) is 0 Å². The first-order valence-electron chi connectivity index (χ1n) is 8.28. The normalized spacial score (nSPS) is 10.4. The van der Waals surface area contributed by atoms with E-state index in [1.807, 2.05) is 0 Å². The third-order valence-electron chi connectivity index (χ3n) is 4.01. The zero-order valence-electron chi connectivity index (χ0n) is 15.2. The number of carbonyl (C=O) groups is 1. The molecule has 0 bridgehead atoms. The summed E-state index contributed by atoms with van der Waals surface area (Å²) in [6.07, 6.45) is 0. The highest BCUT2D eigenvalue weighted by Crippen LogP contribution is 2.26. The van der Waals surface area contributed by atoms with Crippen LogP contribution in [0.3, 0.4) is 0 Å². The average Bonchev–Trinajstić information content (AvgIpc) is 2.68. The molecule has 0 saturated heterocycles. The maximum atomic E-state index is 12.8. The van der Waals surface area contributed by atoms with E-state index in [9.17, 15) is 19.7 Å². The van der Waals surface area contributed by atoms with E-state index in [2.05, 4.69) is 15.5 Å². The van der Waals surface area contributed by atoms with Crippen LogP contribution < -0.4 is 15.8 Å². The van der Waals surface area contributed by atoms with E-state index in [1.54, 1.807) is 49.3 Å². The summed E-state index contributed by atoms with van der Waals surface area (Å²) in [6.45, 7) is 0. The lowest BCUT2D eigenvalue weighted by Gasteiger charge is -2.17. The van der Waals surface area contributed by atoms with Gasteiger partial charge in [0.1, 0.15) is 0 Å². The number of rotatable bonds is 5. The molecule has 2 aromatic carbocycles. The molecule has 0 aliphatic rings. The molecule has 0 aliphatic heterocycles. The predicted molar refractivity (Wildman–Crippen MR) is 106 cm³/mol. The summed E-state index contributed by atoms with van der Waals surface area (Å²) in [5.74, 6) is -0.473. The summed E-state index contributed by atoms with van der Waals surface area (Å²) in [5, 5.41) is 20.1. The van der Waals surface area contributed by atoms with Gasteiger partial charge in [-0.15, -0.1) is 0 Å². The number of aromatic amines is 1. The highest BCUT2D eigenvalue weighted by Gasteiger charge is 2.18. The molecule has 9 nitrogen and oxygen atoms in total. The summed E-state index contributed by atoms with van der Waals surface area (Å²) < 4.78 is 0. The number of nitrogens with zero attached hydrogens (tertiary/aromatic N) is 3. The molecule has 142 valence electrons. The Hall–Kier alpha value is -4.01. The topological polar surface area (TPSA) is 121 Å². The third-order valence-corrected chi connectivity index (χ3v) is 4.01. The molecular formula is C19H17N5O4. The molecule has 1 aromatic heterocycles. The minimum absolute atomic E-state index is 0.165. The standard InChI is InChI=1S/C19H17N5O4/c1-23(2)17-8-6-14(24(27)28)11-15(17)19(26)20-13-5-3-4-12(10-13)16-7-9-18(25)22-21-16/h3-11H,1-2H3,(H,20,26)(H,22,25). The van der Waals surface area contributed by atoms with Gasteiger partial charge in [-0.25, -0.2) is 5.10 Å². The number of hydrogen-bond acceptors (Lipinski definition) is 6. The van der Waals surface area contributed by atoms with Crippen molar-refractivity contribution in [3.63, 3.8) is 0 Å². The molecule has 3 rings (SSSR count). The van der Waals surface area contributed by atoms with Gasteiger partial charge in [-0.1, -0.05) is 12.1 Å². The molecule has 0 spiro atoms. The SMILES string of the molecule is CN(C)c1ccc([N+](=O)[O-])cc1C(=O)Nc1cccc(-c2ccc(=O)[nH]n2)c1. The number of non-ortho nitro benzene ring substituents is 1. The van der Waals surface area contributed by atoms with Crippen LogP contribution in [0.1, 0.15) is 10.4 Å². The molecule has 3 aromatic rings. The molecule has 2 N–H and O–H groups in total. The highest BCUT2D eigenvalue weighted by atomic mass is 16.6. The molecule has 0 saturated carbocycles. The van der Waals surface area contributed by atoms with E-state index in [1.165, 1.54) is 24.3 Å². The zero-order chi connectivity index (χ0) is 20.3. The van der Waals surface area contributed by atoms with Crippen LogP contribution in [-0.2, 0) is 0 Å². The quantitative estimate of drug-likeness (QED) is 0.519. The fourth-order valence-corrected chi connectivity index (χ4v) is 2.67. The van der Waals surface area contributed by atoms with E-state index < -0.39 is 10.8 Å². The minimum atomic E-state index is -0.543. The second-order valence-corrected chi connectivity index (χ2v) is 6.19. The molecule has 28 heavy (non-hydrogen) atoms. The van der Waals surface area contributed by atoms with Gasteiger partial charge < -0.3 is 10.2 Å². The van der Waals surface area contributed by atoms with Gasteiger partial charge in [0.2, 0.25) is 0 Å². The summed E-state index contributed by atoms with van der Waals surface area (Å²) in [6, 6.07) is 14.0. The Bertz CT molecular complexity index is 1090. The van der Waals surface area contributed by atoms with Gasteiger partial charge in [0.05, 0.1) is 16.2 Å². The van der Waals surface area contributed by atoms with Gasteiger partial charge in [0.15, 0.2) is 0 Å². The molecular weight excluding hydrogens is 362 g/mol. The second kappa shape index (κ2) is 7.70. The zero-order valence-corrected chi connectivity index (χ0v) is 15.2. The second-order valence-electron chi connectivity index (χ2n) is 6.19. The maximum Gasteiger partial charge on any atom is 0.270 e. The van der Waals surface area contributed by atoms with Crippen LogP contribution in [0, 0.1) is 10.1 Å². The molecule has 0 radical (unpaired) electrons. The number of nitrogens with one attached hydrogen (secondary N) is 2. The number of carbonyl (C=O) groups excluding carboxylic acids is 1. The Morgan fingerprint density at radius 1 is 1.14 bits per heavy atom. The minimum Gasteiger partial charge on any atom is -0.377 e. The number of amides is 1. The van der Waals surface area contributed by atoms with Gasteiger partial charge in [0, 0.05) is 49.2 Å². The summed E-state index contributed by atoms with van der Waals surface area (Å²) in [7, 11) is 3.50. The fourth-order valence-electron chi connectivity index (χ4n) is 2.67. The molecule has 0 unspecified atom stereocenters. The molecule has 0 atom stereocenters. The van der Waals surface area contributed by atoms with Crippen LogP contribution in [0.4, 0.5) is 17.1 Å². The summed E-state index contributed by atoms with van der Waals surface area (Å²) in [4.78, 5) is 36.2. The van der Waals surface area contributed by atoms with E-state index in [0.29, 0.717) is 22.6 Å². The molecule has 1 heterocycles. The van der Waals surface area contributed by atoms with Gasteiger partial charge >= 0.3 is 0 Å². The van der Waals surface area contributed by atoms with E-state index in [4.69, 9.17) is 0 Å². The molecule has 0 aliphatic carbocycles. The van der Waals surface area contributed by atoms with Gasteiger partial charge in [-0.2, -0.15) is 5.10 Å². The molecule has 1 amide bonds. The van der Waals surface area contributed by atoms with E-state index in [-0.39, 0.29) is 16.8 Å². The van der Waals surface area contributed by atoms with Crippen molar-refractivity contribution >= 4 is 23.0 Å². The van der Waals surface area contributed by atoms with Crippen molar-refractivity contribution < 1.29 is 9.72 Å². The van der Waals surface area contributed by atoms with Crippen molar-refractivity contribution in [3.8, 4) is 11.3 Å². The van der Waals surface area contributed by atoms with Crippen LogP contribution in [0.15, 0.2) is 59.4 Å². The van der Waals surface area contributed by atoms with Crippen molar-refractivity contribution in [1.82, 2.24) is 10.2 Å². The number of anilines is 2. The third kappa shape index (κ3) is 4.04. The van der Waals surface area contributed by atoms with Crippen molar-refractivity contribution in [2.75, 3.05) is 24.3 Å². The Morgan fingerprint density at radius 2 is 1.93 bits per heavy atom. The summed E-state index contributed by atoms with van der Waals surface area (Å²) >= 11 is 0. The number of aromatic nitrogens is 2. The fraction of sp³-hybridized carbons (Fsp3) is 0.105. The smallest absolute Gasteiger partial charge is 0.270 e. The Balaban J connectivity index is 1.92. The van der Waals surface area contributed by atoms with Crippen LogP contribution in [0.25, 0.3) is 11.3 Å². The Kier molecular flexibility index (Phi) is 5.16. The lowest BCUT2D eigenvalue weighted by molar-refractivity contribution is -0.384. The van der Waals surface area contributed by atoms with E-state index >= 15 is 0 Å². The van der Waals surface area contributed by atoms with Crippen LogP contribution in [0.2, 0.25) is 0 Å². The first kappa shape index (κ1) is 18.8. The monoisotopic (exact) mass is 379 g/mol. The molecule has 9 heteroatoms. The Morgan fingerprint density at radius 3 is 2.57 bits per heavy atom. The lowest BCUT2D eigenvalue weighted by Crippen LogP contribution is -2.18. The van der Waals surface area contributed by atoms with Crippen molar-refractivity contribution in [2.24, 2.45) is 0 Å². The van der Waals surface area contributed by atoms with Crippen LogP contribution >= 0.6 is 0 Å². The average molecular weight is 379 g/mol. The number of nitro groups is 1. The maximum absolute atomic E-state index is 12.8. The number of benzene rings is 2. The molecule has 0 fully saturated rings. The van der Waals surface area contributed by atoms with Gasteiger partial charge in [-0.3, -0.25) is 19.7 Å². The summed E-state index contributed by atoms with van der Waals surface area (Å²) in [5.41, 5.74) is 2.00. The first-order chi connectivity index (χ1) is 13.3. The number of H-pyrrole nitrogens is 1. The number of hydrogen-bond donors (Lipinski definition) is 2. The Labute approximate surface area is 159 Å². The van der Waals surface area contributed by atoms with Crippen molar-refractivity contribution in [3.05, 3.63) is 80.6 Å². The van der Waals surface area contributed by atoms with Gasteiger partial charge in [0.25, 0.3) is 17.2 Å². The van der Waals surface area contributed by atoms with Crippen LogP contribution in [0.5, 0.6) is 0 Å². The first-order valence-corrected chi connectivity index (χ1v) is 8.28. The van der Waals surface area contributed by atoms with Crippen molar-refractivity contribution in [1.29, 1.82) is 0 Å². The highest BCUT2D eigenvalue weighted by molar-refractivity contribution is 6.08. The van der Waals surface area contributed by atoms with Crippen molar-refractivity contribution in [2.45, 2.75) is 0 Å². The lowest BCUT2D eigenvalue weighted by atomic mass is 10.1. The number of nitro benzene ring substituents is 1. The van der Waals surface area contributed by atoms with Crippen LogP contribution in [-0.4, -0.2) is 35.1 Å².